The molecule has 2 aliphatic heterocycles. The standard InChI is InChI=1S/C32H38FN5O3/c1-7-8-15-41-31(40)38-14-10-11-21(18-38)23-13-9-12-22(28(23)33)19(2)34-29-24-16-27-25(17-26(24)35-20(3)36-29)32(4,5)30(39)37(27)6/h9,12-13,16-19H,7-8,10-11,14-15H2,1-6H3,(H,34,35,36)/t19-/m1/s1. The minimum absolute atomic E-state index is 0.0269. The highest BCUT2D eigenvalue weighted by Gasteiger charge is 2.42. The second kappa shape index (κ2) is 11.1. The summed E-state index contributed by atoms with van der Waals surface area (Å²) in [6, 6.07) is 8.84. The third-order valence-corrected chi connectivity index (χ3v) is 8.11. The molecule has 41 heavy (non-hydrogen) atoms. The van der Waals surface area contributed by atoms with Crippen LogP contribution in [-0.4, -0.2) is 47.1 Å². The molecule has 0 unspecified atom stereocenters. The highest BCUT2D eigenvalue weighted by atomic mass is 19.1. The van der Waals surface area contributed by atoms with E-state index in [0.717, 1.165) is 47.0 Å². The van der Waals surface area contributed by atoms with Crippen molar-refractivity contribution in [2.24, 2.45) is 0 Å². The predicted molar refractivity (Wildman–Crippen MR) is 159 cm³/mol. The van der Waals surface area contributed by atoms with Gasteiger partial charge in [0.25, 0.3) is 0 Å². The Morgan fingerprint density at radius 2 is 2.02 bits per heavy atom. The minimum Gasteiger partial charge on any atom is -0.449 e. The van der Waals surface area contributed by atoms with Crippen molar-refractivity contribution in [2.45, 2.75) is 71.8 Å². The van der Waals surface area contributed by atoms with Crippen LogP contribution in [0.4, 0.5) is 20.7 Å². The maximum atomic E-state index is 16.0. The lowest BCUT2D eigenvalue weighted by Gasteiger charge is -2.25. The zero-order valence-electron chi connectivity index (χ0n) is 24.7. The number of aromatic nitrogens is 2. The quantitative estimate of drug-likeness (QED) is 0.318. The van der Waals surface area contributed by atoms with Crippen LogP contribution in [0.1, 0.15) is 81.9 Å². The molecule has 1 N–H and O–H groups in total. The average Bonchev–Trinajstić information content (AvgIpc) is 3.11. The fourth-order valence-electron chi connectivity index (χ4n) is 5.72. The topological polar surface area (TPSA) is 87.7 Å². The van der Waals surface area contributed by atoms with E-state index in [9.17, 15) is 9.59 Å². The second-order valence-corrected chi connectivity index (χ2v) is 11.5. The third kappa shape index (κ3) is 5.25. The molecular weight excluding hydrogens is 521 g/mol. The van der Waals surface area contributed by atoms with Crippen LogP contribution in [0.5, 0.6) is 0 Å². The summed E-state index contributed by atoms with van der Waals surface area (Å²) >= 11 is 0. The van der Waals surface area contributed by atoms with Crippen LogP contribution in [0, 0.1) is 12.7 Å². The lowest BCUT2D eigenvalue weighted by atomic mass is 9.85. The Morgan fingerprint density at radius 3 is 2.78 bits per heavy atom. The number of anilines is 2. The zero-order chi connectivity index (χ0) is 29.5. The van der Waals surface area contributed by atoms with Crippen LogP contribution >= 0.6 is 0 Å². The molecule has 3 heterocycles. The summed E-state index contributed by atoms with van der Waals surface area (Å²) < 4.78 is 21.4. The number of amides is 2. The predicted octanol–water partition coefficient (Wildman–Crippen LogP) is 6.88. The van der Waals surface area contributed by atoms with Crippen molar-refractivity contribution < 1.29 is 18.7 Å². The monoisotopic (exact) mass is 559 g/mol. The number of ether oxygens (including phenoxy) is 1. The van der Waals surface area contributed by atoms with Crippen LogP contribution in [0.25, 0.3) is 16.5 Å². The van der Waals surface area contributed by atoms with Gasteiger partial charge in [-0.15, -0.1) is 0 Å². The van der Waals surface area contributed by atoms with Crippen molar-refractivity contribution in [3.05, 3.63) is 64.9 Å². The molecule has 3 aromatic rings. The zero-order valence-corrected chi connectivity index (χ0v) is 24.7. The molecule has 2 aliphatic rings. The van der Waals surface area contributed by atoms with Crippen LogP contribution in [0.2, 0.25) is 0 Å². The van der Waals surface area contributed by atoms with Gasteiger partial charge in [-0.05, 0) is 70.2 Å². The van der Waals surface area contributed by atoms with E-state index in [2.05, 4.69) is 15.3 Å². The van der Waals surface area contributed by atoms with Crippen molar-refractivity contribution in [1.29, 1.82) is 0 Å². The van der Waals surface area contributed by atoms with E-state index >= 15 is 4.39 Å². The largest absolute Gasteiger partial charge is 0.449 e. The number of aryl methyl sites for hydroxylation is 1. The summed E-state index contributed by atoms with van der Waals surface area (Å²) in [5.41, 5.74) is 3.58. The molecule has 216 valence electrons. The van der Waals surface area contributed by atoms with Gasteiger partial charge in [-0.2, -0.15) is 0 Å². The number of benzene rings is 2. The molecule has 2 amide bonds. The van der Waals surface area contributed by atoms with E-state index < -0.39 is 17.6 Å². The fourth-order valence-corrected chi connectivity index (χ4v) is 5.72. The first-order chi connectivity index (χ1) is 19.5. The van der Waals surface area contributed by atoms with Gasteiger partial charge in [-0.25, -0.2) is 19.2 Å². The maximum absolute atomic E-state index is 16.0. The molecule has 0 aliphatic carbocycles. The maximum Gasteiger partial charge on any atom is 0.413 e. The number of fused-ring (bicyclic) bond motifs is 2. The number of nitrogens with zero attached hydrogens (tertiary/aromatic N) is 4. The number of allylic oxidation sites excluding steroid dienone is 1. The van der Waals surface area contributed by atoms with Crippen LogP contribution in [-0.2, 0) is 14.9 Å². The second-order valence-electron chi connectivity index (χ2n) is 11.5. The summed E-state index contributed by atoms with van der Waals surface area (Å²) in [5.74, 6) is 0.855. The fraction of sp³-hybridized carbons (Fsp3) is 0.438. The van der Waals surface area contributed by atoms with Gasteiger partial charge in [0.05, 0.1) is 23.6 Å². The number of carbonyl (C=O) groups is 2. The van der Waals surface area contributed by atoms with E-state index in [1.54, 1.807) is 35.2 Å². The first-order valence-corrected chi connectivity index (χ1v) is 14.3. The molecule has 1 atom stereocenters. The molecule has 0 fully saturated rings. The van der Waals surface area contributed by atoms with Gasteiger partial charge in [0.2, 0.25) is 5.91 Å². The Kier molecular flexibility index (Phi) is 7.72. The number of rotatable bonds is 7. The molecular formula is C32H38FN5O3. The molecule has 9 heteroatoms. The van der Waals surface area contributed by atoms with Crippen molar-refractivity contribution in [3.63, 3.8) is 0 Å². The van der Waals surface area contributed by atoms with E-state index in [4.69, 9.17) is 4.74 Å². The number of carbonyl (C=O) groups excluding carboxylic acids is 2. The summed E-state index contributed by atoms with van der Waals surface area (Å²) in [6.45, 7) is 10.5. The summed E-state index contributed by atoms with van der Waals surface area (Å²) in [7, 11) is 1.78. The molecule has 5 rings (SSSR count). The van der Waals surface area contributed by atoms with Gasteiger partial charge >= 0.3 is 6.09 Å². The van der Waals surface area contributed by atoms with Crippen LogP contribution in [0.15, 0.2) is 36.5 Å². The van der Waals surface area contributed by atoms with E-state index in [1.807, 2.05) is 52.8 Å². The Balaban J connectivity index is 1.45. The smallest absolute Gasteiger partial charge is 0.413 e. The third-order valence-electron chi connectivity index (χ3n) is 8.11. The Morgan fingerprint density at radius 1 is 1.24 bits per heavy atom. The molecule has 0 spiro atoms. The summed E-state index contributed by atoms with van der Waals surface area (Å²) in [4.78, 5) is 37.9. The van der Waals surface area contributed by atoms with Gasteiger partial charge < -0.3 is 15.0 Å². The van der Waals surface area contributed by atoms with Gasteiger partial charge in [0.1, 0.15) is 17.5 Å². The number of likely N-dealkylation sites (N-methyl/N-ethyl adjacent to an activating group) is 1. The van der Waals surface area contributed by atoms with Crippen LogP contribution in [0.3, 0.4) is 0 Å². The Hall–Kier alpha value is -4.01. The molecule has 8 nitrogen and oxygen atoms in total. The first-order valence-electron chi connectivity index (χ1n) is 14.3. The first kappa shape index (κ1) is 28.5. The highest BCUT2D eigenvalue weighted by Crippen LogP contribution is 2.43. The molecule has 0 saturated carbocycles. The van der Waals surface area contributed by atoms with Gasteiger partial charge in [-0.3, -0.25) is 9.69 Å². The number of halogens is 1. The molecule has 0 bridgehead atoms. The number of nitrogens with one attached hydrogen (secondary N) is 1. The Bertz CT molecular complexity index is 1550. The van der Waals surface area contributed by atoms with E-state index in [1.165, 1.54) is 0 Å². The number of unbranched alkanes of at least 4 members (excludes halogenated alkanes) is 1. The van der Waals surface area contributed by atoms with Gasteiger partial charge in [-0.1, -0.05) is 31.5 Å². The van der Waals surface area contributed by atoms with Crippen molar-refractivity contribution in [3.8, 4) is 0 Å². The summed E-state index contributed by atoms with van der Waals surface area (Å²) in [6.07, 6.45) is 4.49. The molecule has 0 radical (unpaired) electrons. The average molecular weight is 560 g/mol. The molecule has 1 aromatic heterocycles. The number of hydrogen-bond donors (Lipinski definition) is 1. The minimum atomic E-state index is -0.642. The van der Waals surface area contributed by atoms with Crippen LogP contribution < -0.4 is 10.2 Å². The van der Waals surface area contributed by atoms with Crippen molar-refractivity contribution in [1.82, 2.24) is 14.9 Å². The van der Waals surface area contributed by atoms with Gasteiger partial charge in [0, 0.05) is 42.0 Å². The summed E-state index contributed by atoms with van der Waals surface area (Å²) in [5, 5.41) is 4.17. The number of hydrogen-bond acceptors (Lipinski definition) is 6. The van der Waals surface area contributed by atoms with E-state index in [-0.39, 0.29) is 11.7 Å². The van der Waals surface area contributed by atoms with Crippen molar-refractivity contribution in [2.75, 3.05) is 30.4 Å². The Labute approximate surface area is 240 Å². The lowest BCUT2D eigenvalue weighted by molar-refractivity contribution is -0.121. The van der Waals surface area contributed by atoms with E-state index in [0.29, 0.717) is 42.3 Å². The normalized spacial score (nSPS) is 17.0. The lowest BCUT2D eigenvalue weighted by Crippen LogP contribution is -2.33. The molecule has 2 aromatic carbocycles. The SMILES string of the molecule is CCCCOC(=O)N1C=C(c2cccc([C@@H](C)Nc3nc(C)nc4cc5c(cc34)N(C)C(=O)C5(C)C)c2F)CCC1. The van der Waals surface area contributed by atoms with Crippen molar-refractivity contribution >= 4 is 40.0 Å². The highest BCUT2D eigenvalue weighted by molar-refractivity contribution is 6.10. The van der Waals surface area contributed by atoms with Gasteiger partial charge in [0.15, 0.2) is 0 Å². The molecule has 0 saturated heterocycles.